The van der Waals surface area contributed by atoms with Gasteiger partial charge in [0.25, 0.3) is 0 Å². The lowest BCUT2D eigenvalue weighted by Crippen LogP contribution is -2.60. The molecule has 5 rings (SSSR count). The summed E-state index contributed by atoms with van der Waals surface area (Å²) in [4.78, 5) is 23.2. The molecule has 3 aliphatic heterocycles. The number of esters is 1. The first-order chi connectivity index (χ1) is 14.2. The van der Waals surface area contributed by atoms with Gasteiger partial charge in [-0.1, -0.05) is 12.1 Å². The number of morpholine rings is 1. The van der Waals surface area contributed by atoms with Crippen LogP contribution in [-0.4, -0.2) is 66.0 Å². The van der Waals surface area contributed by atoms with Crippen LogP contribution in [0.3, 0.4) is 0 Å². The summed E-state index contributed by atoms with van der Waals surface area (Å²) in [5.74, 6) is -1.64. The molecule has 0 radical (unpaired) electrons. The summed E-state index contributed by atoms with van der Waals surface area (Å²) in [5.41, 5.74) is -1.72. The van der Waals surface area contributed by atoms with E-state index in [2.05, 4.69) is 14.1 Å². The third kappa shape index (κ3) is 3.58. The van der Waals surface area contributed by atoms with Crippen LogP contribution in [0.1, 0.15) is 29.5 Å². The van der Waals surface area contributed by atoms with Crippen molar-refractivity contribution in [2.45, 2.75) is 55.8 Å². The fourth-order valence-corrected chi connectivity index (χ4v) is 6.54. The molecule has 3 saturated heterocycles. The Morgan fingerprint density at radius 3 is 2.00 bits per heavy atom. The lowest BCUT2D eigenvalue weighted by molar-refractivity contribution is -0.938. The van der Waals surface area contributed by atoms with E-state index in [0.717, 1.165) is 24.2 Å². The van der Waals surface area contributed by atoms with Crippen LogP contribution in [0.15, 0.2) is 35.0 Å². The number of piperidine rings is 1. The van der Waals surface area contributed by atoms with Crippen molar-refractivity contribution in [3.63, 3.8) is 0 Å². The number of likely N-dealkylation sites (N-methyl/N-ethyl adjacent to an activating group) is 1. The number of fused-ring (bicyclic) bond motifs is 5. The first-order valence-electron chi connectivity index (χ1n) is 9.83. The Morgan fingerprint density at radius 2 is 1.60 bits per heavy atom. The monoisotopic (exact) mass is 451 g/mol. The van der Waals surface area contributed by atoms with Gasteiger partial charge >= 0.3 is 5.97 Å². The second kappa shape index (κ2) is 7.72. The summed E-state index contributed by atoms with van der Waals surface area (Å²) in [6.07, 6.45) is 2.05. The number of epoxide rings is 1. The number of ether oxygens (including phenoxy) is 2. The fourth-order valence-electron chi connectivity index (χ4n) is 4.83. The summed E-state index contributed by atoms with van der Waals surface area (Å²) >= 11 is 2.74. The maximum absolute atomic E-state index is 13.1. The molecule has 3 aliphatic rings. The van der Waals surface area contributed by atoms with Gasteiger partial charge in [0.2, 0.25) is 5.60 Å². The van der Waals surface area contributed by atoms with E-state index in [0.29, 0.717) is 34.0 Å². The number of hydrogen-bond acceptors (Lipinski definition) is 8. The molecule has 0 spiro atoms. The number of carbonyl (C=O) groups excluding carboxylic acids is 2. The number of nitrogens with zero attached hydrogens (tertiary/aromatic N) is 1. The number of aliphatic hydroxyl groups is 1. The molecular weight excluding hydrogens is 426 g/mol. The number of aliphatic carboxylic acids is 1. The number of rotatable bonds is 4. The van der Waals surface area contributed by atoms with Crippen LogP contribution < -0.4 is 5.11 Å². The molecule has 0 aromatic carbocycles. The first-order valence-corrected chi connectivity index (χ1v) is 11.6. The summed E-state index contributed by atoms with van der Waals surface area (Å²) in [6, 6.07) is 8.01. The molecule has 2 bridgehead atoms. The highest BCUT2D eigenvalue weighted by molar-refractivity contribution is 7.12. The van der Waals surface area contributed by atoms with Crippen molar-refractivity contribution >= 4 is 34.6 Å². The highest BCUT2D eigenvalue weighted by Gasteiger charge is 2.71. The molecule has 4 unspecified atom stereocenters. The second-order valence-electron chi connectivity index (χ2n) is 8.48. The molecule has 162 valence electrons. The SMILES string of the molecule is CC(=O)[O-].C[N+]1(C)C2CC(OC(=O)C(O)(c3cccs3)c3cccs3)CC1C1OC12. The van der Waals surface area contributed by atoms with Crippen molar-refractivity contribution < 1.29 is 33.8 Å². The standard InChI is InChI=1S/C19H22NO4S2.C2H4O2/c1-20(2)12-9-11(10-13(20)17-16(12)24-17)23-18(21)19(22,14-5-3-7-25-14)15-6-4-8-26-15;1-2(3)4/h3-8,11-13,16-17,22H,9-10H2,1-2H3;1H3,(H,3,4)/q+1;/p-1. The third-order valence-electron chi connectivity index (χ3n) is 6.36. The Balaban J connectivity index is 0.000000503. The molecule has 2 aromatic rings. The zero-order valence-corrected chi connectivity index (χ0v) is 18.7. The van der Waals surface area contributed by atoms with Gasteiger partial charge in [-0.05, 0) is 29.8 Å². The van der Waals surface area contributed by atoms with Crippen molar-refractivity contribution in [3.8, 4) is 0 Å². The maximum atomic E-state index is 13.1. The van der Waals surface area contributed by atoms with Gasteiger partial charge in [0.1, 0.15) is 30.4 Å². The Bertz CT molecular complexity index is 852. The molecule has 5 heterocycles. The molecule has 7 nitrogen and oxygen atoms in total. The summed E-state index contributed by atoms with van der Waals surface area (Å²) in [5, 5.41) is 24.0. The molecule has 2 aromatic heterocycles. The number of quaternary nitrogens is 1. The zero-order valence-electron chi connectivity index (χ0n) is 17.0. The van der Waals surface area contributed by atoms with Gasteiger partial charge < -0.3 is 29.0 Å². The van der Waals surface area contributed by atoms with Gasteiger partial charge in [-0.2, -0.15) is 0 Å². The van der Waals surface area contributed by atoms with Crippen molar-refractivity contribution in [2.75, 3.05) is 14.1 Å². The zero-order chi connectivity index (χ0) is 21.7. The average Bonchev–Trinajstić information content (AvgIpc) is 3.02. The number of carboxylic acid groups (broad SMARTS) is 1. The minimum absolute atomic E-state index is 0.161. The lowest BCUT2D eigenvalue weighted by atomic mass is 9.95. The van der Waals surface area contributed by atoms with Gasteiger partial charge in [-0.25, -0.2) is 4.79 Å². The van der Waals surface area contributed by atoms with E-state index < -0.39 is 17.5 Å². The number of carbonyl (C=O) groups is 2. The molecule has 9 heteroatoms. The molecule has 0 saturated carbocycles. The molecule has 3 fully saturated rings. The topological polar surface area (TPSA) is 99.2 Å². The summed E-state index contributed by atoms with van der Waals surface area (Å²) in [7, 11) is 4.49. The Morgan fingerprint density at radius 1 is 1.13 bits per heavy atom. The van der Waals surface area contributed by atoms with Gasteiger partial charge in [0.05, 0.1) is 23.8 Å². The quantitative estimate of drug-likeness (QED) is 0.425. The number of thiophene rings is 2. The van der Waals surface area contributed by atoms with E-state index >= 15 is 0 Å². The van der Waals surface area contributed by atoms with Crippen molar-refractivity contribution in [1.29, 1.82) is 0 Å². The van der Waals surface area contributed by atoms with Crippen molar-refractivity contribution in [3.05, 3.63) is 44.8 Å². The van der Waals surface area contributed by atoms with Gasteiger partial charge in [0, 0.05) is 18.8 Å². The largest absolute Gasteiger partial charge is 0.550 e. The molecule has 0 aliphatic carbocycles. The van der Waals surface area contributed by atoms with E-state index in [4.69, 9.17) is 19.4 Å². The van der Waals surface area contributed by atoms with E-state index in [1.165, 1.54) is 22.7 Å². The molecule has 0 amide bonds. The van der Waals surface area contributed by atoms with Crippen LogP contribution in [0.5, 0.6) is 0 Å². The van der Waals surface area contributed by atoms with Crippen LogP contribution in [0.25, 0.3) is 0 Å². The van der Waals surface area contributed by atoms with Crippen LogP contribution in [0, 0.1) is 0 Å². The third-order valence-corrected chi connectivity index (χ3v) is 8.32. The normalized spacial score (nSPS) is 30.6. The van der Waals surface area contributed by atoms with Crippen molar-refractivity contribution in [2.24, 2.45) is 0 Å². The summed E-state index contributed by atoms with van der Waals surface area (Å²) in [6.45, 7) is 0.972. The minimum atomic E-state index is -1.72. The number of carboxylic acids is 1. The average molecular weight is 452 g/mol. The highest BCUT2D eigenvalue weighted by atomic mass is 32.1. The van der Waals surface area contributed by atoms with E-state index in [1.807, 2.05) is 22.9 Å². The molecule has 30 heavy (non-hydrogen) atoms. The van der Waals surface area contributed by atoms with Crippen molar-refractivity contribution in [1.82, 2.24) is 0 Å². The Kier molecular flexibility index (Phi) is 5.52. The van der Waals surface area contributed by atoms with E-state index in [1.54, 1.807) is 12.1 Å². The van der Waals surface area contributed by atoms with Crippen LogP contribution in [-0.2, 0) is 24.7 Å². The Labute approximate surface area is 183 Å². The predicted molar refractivity (Wildman–Crippen MR) is 110 cm³/mol. The van der Waals surface area contributed by atoms with E-state index in [-0.39, 0.29) is 6.10 Å². The van der Waals surface area contributed by atoms with Crippen LogP contribution in [0.2, 0.25) is 0 Å². The van der Waals surface area contributed by atoms with Gasteiger partial charge in [0.15, 0.2) is 0 Å². The van der Waals surface area contributed by atoms with Crippen LogP contribution >= 0.6 is 22.7 Å². The maximum Gasteiger partial charge on any atom is 0.349 e. The number of hydrogen-bond donors (Lipinski definition) is 1. The second-order valence-corrected chi connectivity index (χ2v) is 10.4. The first kappa shape index (κ1) is 21.5. The predicted octanol–water partition coefficient (Wildman–Crippen LogP) is 1.10. The molecule has 1 N–H and O–H groups in total. The lowest BCUT2D eigenvalue weighted by Gasteiger charge is -2.45. The minimum Gasteiger partial charge on any atom is -0.550 e. The summed E-state index contributed by atoms with van der Waals surface area (Å²) < 4.78 is 12.6. The fraction of sp³-hybridized carbons (Fsp3) is 0.524. The van der Waals surface area contributed by atoms with E-state index in [9.17, 15) is 9.90 Å². The highest BCUT2D eigenvalue weighted by Crippen LogP contribution is 2.52. The Hall–Kier alpha value is -1.78. The smallest absolute Gasteiger partial charge is 0.349 e. The molecule has 4 atom stereocenters. The molecular formula is C21H25NO6S2. The van der Waals surface area contributed by atoms with Crippen LogP contribution in [0.4, 0.5) is 0 Å². The van der Waals surface area contributed by atoms with Gasteiger partial charge in [-0.3, -0.25) is 0 Å². The van der Waals surface area contributed by atoms with Gasteiger partial charge in [-0.15, -0.1) is 22.7 Å².